The minimum atomic E-state index is -0.730. The molecule has 0 aromatic heterocycles. The Kier molecular flexibility index (Phi) is 2.55. The van der Waals surface area contributed by atoms with E-state index in [1.54, 1.807) is 0 Å². The third-order valence-electron chi connectivity index (χ3n) is 2.94. The van der Waals surface area contributed by atoms with Gasteiger partial charge in [0.15, 0.2) is 0 Å². The van der Waals surface area contributed by atoms with Gasteiger partial charge in [-0.1, -0.05) is 26.3 Å². The summed E-state index contributed by atoms with van der Waals surface area (Å²) in [4.78, 5) is 10.8. The lowest BCUT2D eigenvalue weighted by Crippen LogP contribution is -2.26. The van der Waals surface area contributed by atoms with Crippen LogP contribution in [0.1, 0.15) is 33.6 Å². The molecular weight excluding hydrogens is 152 g/mol. The van der Waals surface area contributed by atoms with Gasteiger partial charge in [-0.25, -0.2) is 4.79 Å². The van der Waals surface area contributed by atoms with Gasteiger partial charge in [-0.2, -0.15) is 0 Å². The fourth-order valence-corrected chi connectivity index (χ4v) is 1.81. The predicted octanol–water partition coefficient (Wildman–Crippen LogP) is 2.45. The SMILES string of the molecule is CC/C(C(=O)O)=C1\CC(C)C1C. The topological polar surface area (TPSA) is 37.3 Å². The van der Waals surface area contributed by atoms with Crippen LogP contribution in [0.15, 0.2) is 11.1 Å². The summed E-state index contributed by atoms with van der Waals surface area (Å²) in [5, 5.41) is 8.85. The van der Waals surface area contributed by atoms with Crippen LogP contribution < -0.4 is 0 Å². The first-order chi connectivity index (χ1) is 5.57. The highest BCUT2D eigenvalue weighted by Gasteiger charge is 2.31. The van der Waals surface area contributed by atoms with Crippen molar-refractivity contribution in [2.24, 2.45) is 11.8 Å². The van der Waals surface area contributed by atoms with E-state index < -0.39 is 5.97 Å². The highest BCUT2D eigenvalue weighted by Crippen LogP contribution is 2.41. The van der Waals surface area contributed by atoms with E-state index in [-0.39, 0.29) is 0 Å². The van der Waals surface area contributed by atoms with Gasteiger partial charge < -0.3 is 5.11 Å². The fourth-order valence-electron chi connectivity index (χ4n) is 1.81. The second-order valence-electron chi connectivity index (χ2n) is 3.63. The van der Waals surface area contributed by atoms with Crippen LogP contribution in [0.25, 0.3) is 0 Å². The molecule has 1 fully saturated rings. The lowest BCUT2D eigenvalue weighted by molar-refractivity contribution is -0.133. The highest BCUT2D eigenvalue weighted by molar-refractivity contribution is 5.87. The molecule has 2 atom stereocenters. The van der Waals surface area contributed by atoms with Crippen molar-refractivity contribution >= 4 is 5.97 Å². The first-order valence-corrected chi connectivity index (χ1v) is 4.53. The van der Waals surface area contributed by atoms with Gasteiger partial charge in [0.25, 0.3) is 0 Å². The second-order valence-corrected chi connectivity index (χ2v) is 3.63. The van der Waals surface area contributed by atoms with Crippen molar-refractivity contribution in [3.63, 3.8) is 0 Å². The summed E-state index contributed by atoms with van der Waals surface area (Å²) < 4.78 is 0. The Morgan fingerprint density at radius 3 is 2.42 bits per heavy atom. The van der Waals surface area contributed by atoms with E-state index in [1.165, 1.54) is 0 Å². The smallest absolute Gasteiger partial charge is 0.331 e. The van der Waals surface area contributed by atoms with Crippen LogP contribution in [0.4, 0.5) is 0 Å². The number of hydrogen-bond acceptors (Lipinski definition) is 1. The van der Waals surface area contributed by atoms with Crippen molar-refractivity contribution in [2.45, 2.75) is 33.6 Å². The van der Waals surface area contributed by atoms with Gasteiger partial charge in [0, 0.05) is 5.57 Å². The van der Waals surface area contributed by atoms with Crippen molar-refractivity contribution in [3.8, 4) is 0 Å². The quantitative estimate of drug-likeness (QED) is 0.643. The molecule has 0 amide bonds. The van der Waals surface area contributed by atoms with Gasteiger partial charge in [-0.15, -0.1) is 0 Å². The number of allylic oxidation sites excluding steroid dienone is 1. The summed E-state index contributed by atoms with van der Waals surface area (Å²) >= 11 is 0. The molecule has 0 bridgehead atoms. The van der Waals surface area contributed by atoms with Crippen molar-refractivity contribution in [1.82, 2.24) is 0 Å². The van der Waals surface area contributed by atoms with E-state index in [9.17, 15) is 4.79 Å². The fraction of sp³-hybridized carbons (Fsp3) is 0.700. The zero-order valence-electron chi connectivity index (χ0n) is 7.92. The molecule has 2 nitrogen and oxygen atoms in total. The van der Waals surface area contributed by atoms with Crippen molar-refractivity contribution in [1.29, 1.82) is 0 Å². The average Bonchev–Trinajstić information content (AvgIpc) is 2.03. The maximum atomic E-state index is 10.8. The van der Waals surface area contributed by atoms with Gasteiger partial charge in [-0.3, -0.25) is 0 Å². The molecule has 68 valence electrons. The number of aliphatic carboxylic acids is 1. The van der Waals surface area contributed by atoms with E-state index in [4.69, 9.17) is 5.11 Å². The van der Waals surface area contributed by atoms with Gasteiger partial charge in [0.2, 0.25) is 0 Å². The molecule has 12 heavy (non-hydrogen) atoms. The Labute approximate surface area is 73.3 Å². The molecule has 1 rings (SSSR count). The van der Waals surface area contributed by atoms with E-state index >= 15 is 0 Å². The van der Waals surface area contributed by atoms with Crippen LogP contribution >= 0.6 is 0 Å². The second kappa shape index (κ2) is 3.30. The van der Waals surface area contributed by atoms with Gasteiger partial charge in [0.1, 0.15) is 0 Å². The zero-order valence-corrected chi connectivity index (χ0v) is 7.92. The van der Waals surface area contributed by atoms with Crippen LogP contribution in [-0.4, -0.2) is 11.1 Å². The predicted molar refractivity (Wildman–Crippen MR) is 47.9 cm³/mol. The molecule has 2 heteroatoms. The van der Waals surface area contributed by atoms with Crippen molar-refractivity contribution in [3.05, 3.63) is 11.1 Å². The normalized spacial score (nSPS) is 32.6. The molecule has 0 aromatic rings. The first kappa shape index (κ1) is 9.30. The van der Waals surface area contributed by atoms with Crippen molar-refractivity contribution in [2.75, 3.05) is 0 Å². The molecule has 0 spiro atoms. The van der Waals surface area contributed by atoms with E-state index in [1.807, 2.05) is 6.92 Å². The van der Waals surface area contributed by atoms with Crippen molar-refractivity contribution < 1.29 is 9.90 Å². The molecule has 0 aliphatic heterocycles. The first-order valence-electron chi connectivity index (χ1n) is 4.53. The Bertz CT molecular complexity index is 228. The molecule has 0 heterocycles. The summed E-state index contributed by atoms with van der Waals surface area (Å²) in [7, 11) is 0. The molecule has 0 aromatic carbocycles. The lowest BCUT2D eigenvalue weighted by atomic mass is 9.69. The maximum Gasteiger partial charge on any atom is 0.331 e. The molecule has 1 aliphatic carbocycles. The minimum Gasteiger partial charge on any atom is -0.478 e. The van der Waals surface area contributed by atoms with Gasteiger partial charge in [0.05, 0.1) is 0 Å². The van der Waals surface area contributed by atoms with Gasteiger partial charge in [-0.05, 0) is 24.7 Å². The zero-order chi connectivity index (χ0) is 9.30. The maximum absolute atomic E-state index is 10.8. The highest BCUT2D eigenvalue weighted by atomic mass is 16.4. The van der Waals surface area contributed by atoms with Crippen LogP contribution in [-0.2, 0) is 4.79 Å². The Morgan fingerprint density at radius 2 is 2.17 bits per heavy atom. The third kappa shape index (κ3) is 1.38. The van der Waals surface area contributed by atoms with Gasteiger partial charge >= 0.3 is 5.97 Å². The third-order valence-corrected chi connectivity index (χ3v) is 2.94. The molecule has 0 saturated heterocycles. The number of carboxylic acids is 1. The Hall–Kier alpha value is -0.790. The monoisotopic (exact) mass is 168 g/mol. The number of carbonyl (C=O) groups is 1. The van der Waals surface area contributed by atoms with Crippen LogP contribution in [0.5, 0.6) is 0 Å². The van der Waals surface area contributed by atoms with E-state index in [0.717, 1.165) is 12.0 Å². The molecule has 1 saturated carbocycles. The number of carboxylic acid groups (broad SMARTS) is 1. The molecule has 2 unspecified atom stereocenters. The largest absolute Gasteiger partial charge is 0.478 e. The lowest BCUT2D eigenvalue weighted by Gasteiger charge is -2.36. The summed E-state index contributed by atoms with van der Waals surface area (Å²) in [5.41, 5.74) is 1.80. The Balaban J connectivity index is 2.82. The molecule has 0 radical (unpaired) electrons. The average molecular weight is 168 g/mol. The summed E-state index contributed by atoms with van der Waals surface area (Å²) in [5.74, 6) is 0.420. The number of hydrogen-bond donors (Lipinski definition) is 1. The summed E-state index contributed by atoms with van der Waals surface area (Å²) in [6, 6.07) is 0. The molecule has 1 N–H and O–H groups in total. The summed E-state index contributed by atoms with van der Waals surface area (Å²) in [6.45, 7) is 6.19. The standard InChI is InChI=1S/C10H16O2/c1-4-8(10(11)12)9-5-6(2)7(9)3/h6-7H,4-5H2,1-3H3,(H,11,12)/b9-8-. The number of rotatable bonds is 2. The molecular formula is C10H16O2. The minimum absolute atomic E-state index is 0.482. The Morgan fingerprint density at radius 1 is 1.58 bits per heavy atom. The van der Waals surface area contributed by atoms with Crippen LogP contribution in [0.2, 0.25) is 0 Å². The van der Waals surface area contributed by atoms with E-state index in [0.29, 0.717) is 23.8 Å². The van der Waals surface area contributed by atoms with Crippen LogP contribution in [0, 0.1) is 11.8 Å². The van der Waals surface area contributed by atoms with E-state index in [2.05, 4.69) is 13.8 Å². The molecule has 1 aliphatic rings. The van der Waals surface area contributed by atoms with Crippen LogP contribution in [0.3, 0.4) is 0 Å². The summed E-state index contributed by atoms with van der Waals surface area (Å²) in [6.07, 6.45) is 1.64.